The molecule has 29 heavy (non-hydrogen) atoms. The Kier molecular flexibility index (Phi) is 9.20. The van der Waals surface area contributed by atoms with E-state index in [4.69, 9.17) is 4.74 Å². The zero-order valence-corrected chi connectivity index (χ0v) is 17.4. The minimum absolute atomic E-state index is 0.0786. The molecule has 0 heterocycles. The van der Waals surface area contributed by atoms with Gasteiger partial charge in [-0.25, -0.2) is 0 Å². The Bertz CT molecular complexity index is 490. The minimum atomic E-state index is -5.52. The number of unbranched alkanes of at least 4 members (excludes halogenated alkanes) is 4. The number of alkyl halides is 5. The van der Waals surface area contributed by atoms with Crippen LogP contribution in [0.15, 0.2) is 0 Å². The molecule has 0 atom stereocenters. The predicted molar refractivity (Wildman–Crippen MR) is 102 cm³/mol. The van der Waals surface area contributed by atoms with Gasteiger partial charge < -0.3 is 4.74 Å². The molecule has 0 bridgehead atoms. The highest BCUT2D eigenvalue weighted by Crippen LogP contribution is 2.47. The average Bonchev–Trinajstić information content (AvgIpc) is 2.68. The van der Waals surface area contributed by atoms with E-state index in [1.165, 1.54) is 38.5 Å². The fourth-order valence-electron chi connectivity index (χ4n) is 4.76. The summed E-state index contributed by atoms with van der Waals surface area (Å²) in [4.78, 5) is 12.4. The second-order valence-corrected chi connectivity index (χ2v) is 8.95. The number of carbonyl (C=O) groups excluding carboxylic acids is 1. The number of carbonyl (C=O) groups is 1. The standard InChI is InChI=1S/C22H35F5O2/c1-2-3-4-5-6-7-16-8-10-17(11-9-16)20(28)29-19-14-12-18(13-15-19)21(23,24)22(25,26)27/h16-19H,2-15H2,1H3. The van der Waals surface area contributed by atoms with Crippen LogP contribution in [-0.2, 0) is 9.53 Å². The highest BCUT2D eigenvalue weighted by Gasteiger charge is 2.62. The second kappa shape index (κ2) is 10.9. The van der Waals surface area contributed by atoms with E-state index < -0.39 is 24.1 Å². The summed E-state index contributed by atoms with van der Waals surface area (Å²) in [6, 6.07) is 0. The fraction of sp³-hybridized carbons (Fsp3) is 0.955. The molecule has 0 radical (unpaired) electrons. The summed E-state index contributed by atoms with van der Waals surface area (Å²) in [5, 5.41) is 0. The maximum Gasteiger partial charge on any atom is 0.453 e. The normalized spacial score (nSPS) is 28.9. The third-order valence-electron chi connectivity index (χ3n) is 6.74. The van der Waals surface area contributed by atoms with Crippen LogP contribution in [0.2, 0.25) is 0 Å². The van der Waals surface area contributed by atoms with Crippen molar-refractivity contribution in [2.75, 3.05) is 0 Å². The Hall–Kier alpha value is -0.880. The van der Waals surface area contributed by atoms with Gasteiger partial charge in [-0.2, -0.15) is 22.0 Å². The molecule has 0 unspecified atom stereocenters. The lowest BCUT2D eigenvalue weighted by atomic mass is 9.79. The van der Waals surface area contributed by atoms with Crippen LogP contribution in [0.4, 0.5) is 22.0 Å². The predicted octanol–water partition coefficient (Wildman–Crippen LogP) is 7.45. The summed E-state index contributed by atoms with van der Waals surface area (Å²) < 4.78 is 69.9. The van der Waals surface area contributed by atoms with Gasteiger partial charge in [-0.1, -0.05) is 45.4 Å². The molecule has 7 heteroatoms. The third-order valence-corrected chi connectivity index (χ3v) is 6.74. The first kappa shape index (κ1) is 24.4. The summed E-state index contributed by atoms with van der Waals surface area (Å²) in [5.74, 6) is -6.17. The number of halogens is 5. The molecular formula is C22H35F5O2. The second-order valence-electron chi connectivity index (χ2n) is 8.95. The van der Waals surface area contributed by atoms with Gasteiger partial charge >= 0.3 is 18.1 Å². The van der Waals surface area contributed by atoms with Crippen molar-refractivity contribution < 1.29 is 31.5 Å². The highest BCUT2D eigenvalue weighted by molar-refractivity contribution is 5.72. The Morgan fingerprint density at radius 3 is 1.97 bits per heavy atom. The smallest absolute Gasteiger partial charge is 0.453 e. The first-order chi connectivity index (χ1) is 13.6. The van der Waals surface area contributed by atoms with Crippen molar-refractivity contribution in [2.24, 2.45) is 17.8 Å². The summed E-state index contributed by atoms with van der Waals surface area (Å²) >= 11 is 0. The third kappa shape index (κ3) is 7.09. The van der Waals surface area contributed by atoms with Gasteiger partial charge in [0.1, 0.15) is 6.10 Å². The number of rotatable bonds is 9. The van der Waals surface area contributed by atoms with Crippen LogP contribution in [0, 0.1) is 17.8 Å². The maximum atomic E-state index is 13.5. The van der Waals surface area contributed by atoms with Crippen molar-refractivity contribution in [3.8, 4) is 0 Å². The summed E-state index contributed by atoms with van der Waals surface area (Å²) in [6.07, 6.45) is 4.71. The molecule has 2 saturated carbocycles. The zero-order chi connectivity index (χ0) is 21.5. The van der Waals surface area contributed by atoms with E-state index in [-0.39, 0.29) is 37.6 Å². The van der Waals surface area contributed by atoms with Crippen LogP contribution in [0.3, 0.4) is 0 Å². The molecule has 0 aromatic heterocycles. The number of hydrogen-bond donors (Lipinski definition) is 0. The van der Waals surface area contributed by atoms with Crippen LogP contribution < -0.4 is 0 Å². The van der Waals surface area contributed by atoms with Crippen molar-refractivity contribution in [2.45, 2.75) is 115 Å². The molecule has 0 aromatic carbocycles. The monoisotopic (exact) mass is 426 g/mol. The highest BCUT2D eigenvalue weighted by atomic mass is 19.4. The Morgan fingerprint density at radius 1 is 0.828 bits per heavy atom. The molecular weight excluding hydrogens is 391 g/mol. The van der Waals surface area contributed by atoms with Gasteiger partial charge in [0, 0.05) is 5.92 Å². The van der Waals surface area contributed by atoms with Crippen LogP contribution in [-0.4, -0.2) is 24.2 Å². The van der Waals surface area contributed by atoms with Gasteiger partial charge in [-0.05, 0) is 57.3 Å². The van der Waals surface area contributed by atoms with Crippen LogP contribution in [0.1, 0.15) is 96.8 Å². The van der Waals surface area contributed by atoms with Crippen molar-refractivity contribution in [3.05, 3.63) is 0 Å². The lowest BCUT2D eigenvalue weighted by Gasteiger charge is -2.35. The van der Waals surface area contributed by atoms with E-state index in [0.29, 0.717) is 5.92 Å². The molecule has 0 aromatic rings. The average molecular weight is 427 g/mol. The van der Waals surface area contributed by atoms with Gasteiger partial charge in [0.2, 0.25) is 0 Å². The molecule has 2 fully saturated rings. The fourth-order valence-corrected chi connectivity index (χ4v) is 4.76. The maximum absolute atomic E-state index is 13.5. The molecule has 0 spiro atoms. The molecule has 0 amide bonds. The van der Waals surface area contributed by atoms with Gasteiger partial charge in [0.05, 0.1) is 5.92 Å². The Labute approximate surface area is 170 Å². The lowest BCUT2D eigenvalue weighted by molar-refractivity contribution is -0.306. The van der Waals surface area contributed by atoms with E-state index in [1.807, 2.05) is 0 Å². The zero-order valence-electron chi connectivity index (χ0n) is 17.4. The van der Waals surface area contributed by atoms with E-state index in [2.05, 4.69) is 6.92 Å². The van der Waals surface area contributed by atoms with Crippen molar-refractivity contribution in [1.29, 1.82) is 0 Å². The first-order valence-corrected chi connectivity index (χ1v) is 11.3. The Balaban J connectivity index is 1.65. The first-order valence-electron chi connectivity index (χ1n) is 11.3. The minimum Gasteiger partial charge on any atom is -0.462 e. The van der Waals surface area contributed by atoms with E-state index in [1.54, 1.807) is 0 Å². The van der Waals surface area contributed by atoms with Gasteiger partial charge in [-0.3, -0.25) is 4.79 Å². The largest absolute Gasteiger partial charge is 0.462 e. The number of esters is 1. The van der Waals surface area contributed by atoms with E-state index >= 15 is 0 Å². The van der Waals surface area contributed by atoms with Crippen molar-refractivity contribution >= 4 is 5.97 Å². The molecule has 170 valence electrons. The molecule has 2 nitrogen and oxygen atoms in total. The summed E-state index contributed by atoms with van der Waals surface area (Å²) in [5.41, 5.74) is 0. The van der Waals surface area contributed by atoms with Crippen LogP contribution >= 0.6 is 0 Å². The SMILES string of the molecule is CCCCCCCC1CCC(C(=O)OC2CCC(C(F)(F)C(F)(F)F)CC2)CC1. The quantitative estimate of drug-likeness (QED) is 0.217. The van der Waals surface area contributed by atoms with E-state index in [0.717, 1.165) is 25.7 Å². The molecule has 0 saturated heterocycles. The summed E-state index contributed by atoms with van der Waals surface area (Å²) in [7, 11) is 0. The molecule has 2 rings (SSSR count). The molecule has 2 aliphatic carbocycles. The topological polar surface area (TPSA) is 26.3 Å². The molecule has 2 aliphatic rings. The van der Waals surface area contributed by atoms with Crippen LogP contribution in [0.5, 0.6) is 0 Å². The number of ether oxygens (including phenoxy) is 1. The lowest BCUT2D eigenvalue weighted by Crippen LogP contribution is -2.45. The van der Waals surface area contributed by atoms with Crippen molar-refractivity contribution in [3.63, 3.8) is 0 Å². The van der Waals surface area contributed by atoms with Gasteiger partial charge in [0.15, 0.2) is 0 Å². The van der Waals surface area contributed by atoms with Gasteiger partial charge in [0.25, 0.3) is 0 Å². The number of hydrogen-bond acceptors (Lipinski definition) is 2. The molecule has 0 aliphatic heterocycles. The van der Waals surface area contributed by atoms with Crippen molar-refractivity contribution in [1.82, 2.24) is 0 Å². The molecule has 0 N–H and O–H groups in total. The van der Waals surface area contributed by atoms with E-state index in [9.17, 15) is 26.7 Å². The van der Waals surface area contributed by atoms with Crippen LogP contribution in [0.25, 0.3) is 0 Å². The van der Waals surface area contributed by atoms with Gasteiger partial charge in [-0.15, -0.1) is 0 Å². The Morgan fingerprint density at radius 2 is 1.41 bits per heavy atom. The summed E-state index contributed by atoms with van der Waals surface area (Å²) in [6.45, 7) is 2.20.